The van der Waals surface area contributed by atoms with Gasteiger partial charge in [-0.05, 0) is 18.1 Å². The number of benzene rings is 1. The lowest BCUT2D eigenvalue weighted by molar-refractivity contribution is -0.123. The Bertz CT molecular complexity index is 835. The Morgan fingerprint density at radius 1 is 1.26 bits per heavy atom. The van der Waals surface area contributed by atoms with Crippen LogP contribution in [0.2, 0.25) is 0 Å². The summed E-state index contributed by atoms with van der Waals surface area (Å²) in [6.45, 7) is 1.69. The maximum Gasteiger partial charge on any atom is 0.266 e. The highest BCUT2D eigenvalue weighted by Crippen LogP contribution is 2.32. The summed E-state index contributed by atoms with van der Waals surface area (Å²) in [5.41, 5.74) is 0.952. The van der Waals surface area contributed by atoms with Crippen molar-refractivity contribution in [1.29, 1.82) is 0 Å². The number of rotatable bonds is 8. The van der Waals surface area contributed by atoms with Crippen LogP contribution in [-0.2, 0) is 16.1 Å². The third kappa shape index (κ3) is 5.51. The standard InChI is InChI=1S/C19H20N4O2S2/c24-17(21-8-4-10-22-12-9-20-14-22)7-11-23-18(25)16(27-19(23)26)13-15-5-2-1-3-6-15/h1-3,5-6,9,12-14H,4,7-8,10-11H2,(H,21,24)/b16-13-. The Hall–Kier alpha value is -2.45. The average molecular weight is 401 g/mol. The summed E-state index contributed by atoms with van der Waals surface area (Å²) in [4.78, 5) is 30.6. The summed E-state index contributed by atoms with van der Waals surface area (Å²) < 4.78 is 2.46. The molecule has 1 aliphatic rings. The summed E-state index contributed by atoms with van der Waals surface area (Å²) in [5.74, 6) is -0.219. The van der Waals surface area contributed by atoms with Crippen LogP contribution < -0.4 is 5.32 Å². The SMILES string of the molecule is O=C(CCN1C(=O)/C(=C/c2ccccc2)SC1=S)NCCCn1ccnc1. The molecule has 0 unspecified atom stereocenters. The number of aryl methyl sites for hydroxylation is 1. The highest BCUT2D eigenvalue weighted by Gasteiger charge is 2.31. The van der Waals surface area contributed by atoms with Crippen molar-refractivity contribution >= 4 is 46.2 Å². The third-order valence-corrected chi connectivity index (χ3v) is 5.39. The minimum absolute atomic E-state index is 0.0817. The normalized spacial score (nSPS) is 15.6. The van der Waals surface area contributed by atoms with Gasteiger partial charge in [0, 0.05) is 38.4 Å². The zero-order valence-electron chi connectivity index (χ0n) is 14.7. The second-order valence-electron chi connectivity index (χ2n) is 6.00. The molecule has 0 atom stereocenters. The minimum atomic E-state index is -0.137. The van der Waals surface area contributed by atoms with Gasteiger partial charge in [-0.1, -0.05) is 54.3 Å². The lowest BCUT2D eigenvalue weighted by Crippen LogP contribution is -2.34. The van der Waals surface area contributed by atoms with Gasteiger partial charge in [0.05, 0.1) is 11.2 Å². The molecule has 140 valence electrons. The molecule has 27 heavy (non-hydrogen) atoms. The van der Waals surface area contributed by atoms with Crippen LogP contribution in [-0.4, -0.2) is 43.7 Å². The lowest BCUT2D eigenvalue weighted by Gasteiger charge is -2.14. The van der Waals surface area contributed by atoms with Crippen molar-refractivity contribution in [2.45, 2.75) is 19.4 Å². The van der Waals surface area contributed by atoms with Crippen LogP contribution in [0, 0.1) is 0 Å². The number of imidazole rings is 1. The van der Waals surface area contributed by atoms with Crippen LogP contribution >= 0.6 is 24.0 Å². The van der Waals surface area contributed by atoms with E-state index in [1.807, 2.05) is 47.2 Å². The number of thiocarbonyl (C=S) groups is 1. The van der Waals surface area contributed by atoms with Crippen molar-refractivity contribution < 1.29 is 9.59 Å². The molecular formula is C19H20N4O2S2. The zero-order valence-corrected chi connectivity index (χ0v) is 16.3. The van der Waals surface area contributed by atoms with E-state index in [1.54, 1.807) is 12.5 Å². The van der Waals surface area contributed by atoms with Crippen molar-refractivity contribution in [3.05, 3.63) is 59.5 Å². The van der Waals surface area contributed by atoms with Crippen molar-refractivity contribution in [3.63, 3.8) is 0 Å². The largest absolute Gasteiger partial charge is 0.356 e. The topological polar surface area (TPSA) is 67.2 Å². The molecule has 0 radical (unpaired) electrons. The number of hydrogen-bond acceptors (Lipinski definition) is 5. The second-order valence-corrected chi connectivity index (χ2v) is 7.67. The minimum Gasteiger partial charge on any atom is -0.356 e. The van der Waals surface area contributed by atoms with Crippen molar-refractivity contribution in [3.8, 4) is 0 Å². The van der Waals surface area contributed by atoms with Gasteiger partial charge < -0.3 is 9.88 Å². The van der Waals surface area contributed by atoms with E-state index in [0.29, 0.717) is 22.3 Å². The molecule has 1 N–H and O–H groups in total. The summed E-state index contributed by atoms with van der Waals surface area (Å²) in [6.07, 6.45) is 8.25. The van der Waals surface area contributed by atoms with Crippen LogP contribution in [0.25, 0.3) is 6.08 Å². The van der Waals surface area contributed by atoms with Gasteiger partial charge in [0.25, 0.3) is 5.91 Å². The van der Waals surface area contributed by atoms with Crippen LogP contribution in [0.4, 0.5) is 0 Å². The Kier molecular flexibility index (Phi) is 6.78. The molecule has 1 aliphatic heterocycles. The van der Waals surface area contributed by atoms with Gasteiger partial charge in [0.1, 0.15) is 4.32 Å². The molecule has 8 heteroatoms. The van der Waals surface area contributed by atoms with E-state index in [4.69, 9.17) is 12.2 Å². The van der Waals surface area contributed by atoms with Gasteiger partial charge >= 0.3 is 0 Å². The first kappa shape index (κ1) is 19.3. The van der Waals surface area contributed by atoms with E-state index in [9.17, 15) is 9.59 Å². The summed E-state index contributed by atoms with van der Waals surface area (Å²) in [6, 6.07) is 9.64. The van der Waals surface area contributed by atoms with Gasteiger partial charge in [0.15, 0.2) is 0 Å². The van der Waals surface area contributed by atoms with Gasteiger partial charge in [0.2, 0.25) is 5.91 Å². The summed E-state index contributed by atoms with van der Waals surface area (Å²) in [5, 5.41) is 2.87. The van der Waals surface area contributed by atoms with E-state index in [2.05, 4.69) is 10.3 Å². The monoisotopic (exact) mass is 400 g/mol. The van der Waals surface area contributed by atoms with Crippen LogP contribution in [0.3, 0.4) is 0 Å². The first-order valence-electron chi connectivity index (χ1n) is 8.66. The van der Waals surface area contributed by atoms with Gasteiger partial charge in [-0.15, -0.1) is 0 Å². The number of carbonyl (C=O) groups excluding carboxylic acids is 2. The van der Waals surface area contributed by atoms with Crippen molar-refractivity contribution in [1.82, 2.24) is 19.8 Å². The van der Waals surface area contributed by atoms with Crippen molar-refractivity contribution in [2.24, 2.45) is 0 Å². The second kappa shape index (κ2) is 9.48. The Morgan fingerprint density at radius 3 is 2.81 bits per heavy atom. The van der Waals surface area contributed by atoms with E-state index < -0.39 is 0 Å². The molecule has 2 aromatic rings. The predicted molar refractivity (Wildman–Crippen MR) is 111 cm³/mol. The third-order valence-electron chi connectivity index (χ3n) is 4.01. The molecule has 2 heterocycles. The van der Waals surface area contributed by atoms with E-state index in [0.717, 1.165) is 18.5 Å². The van der Waals surface area contributed by atoms with Gasteiger partial charge in [-0.3, -0.25) is 14.5 Å². The fourth-order valence-corrected chi connectivity index (χ4v) is 3.91. The van der Waals surface area contributed by atoms with Crippen molar-refractivity contribution in [2.75, 3.05) is 13.1 Å². The maximum atomic E-state index is 12.5. The Balaban J connectivity index is 1.43. The summed E-state index contributed by atoms with van der Waals surface area (Å²) in [7, 11) is 0. The Morgan fingerprint density at radius 2 is 2.07 bits per heavy atom. The molecule has 0 bridgehead atoms. The molecule has 1 aromatic carbocycles. The first-order chi connectivity index (χ1) is 13.1. The van der Waals surface area contributed by atoms with Gasteiger partial charge in [-0.2, -0.15) is 0 Å². The fourth-order valence-electron chi connectivity index (χ4n) is 2.60. The van der Waals surface area contributed by atoms with E-state index in [-0.39, 0.29) is 18.2 Å². The lowest BCUT2D eigenvalue weighted by atomic mass is 10.2. The quantitative estimate of drug-likeness (QED) is 0.419. The highest BCUT2D eigenvalue weighted by molar-refractivity contribution is 8.26. The molecule has 1 fully saturated rings. The number of amides is 2. The number of thioether (sulfide) groups is 1. The van der Waals surface area contributed by atoms with Gasteiger partial charge in [-0.25, -0.2) is 4.98 Å². The number of carbonyl (C=O) groups is 2. The average Bonchev–Trinajstić information content (AvgIpc) is 3.27. The van der Waals surface area contributed by atoms with Crippen LogP contribution in [0.5, 0.6) is 0 Å². The highest BCUT2D eigenvalue weighted by atomic mass is 32.2. The fraction of sp³-hybridized carbons (Fsp3) is 0.263. The smallest absolute Gasteiger partial charge is 0.266 e. The maximum absolute atomic E-state index is 12.5. The number of nitrogens with one attached hydrogen (secondary N) is 1. The molecular weight excluding hydrogens is 380 g/mol. The first-order valence-corrected chi connectivity index (χ1v) is 9.89. The number of hydrogen-bond donors (Lipinski definition) is 1. The molecule has 0 spiro atoms. The summed E-state index contributed by atoms with van der Waals surface area (Å²) >= 11 is 6.58. The Labute approximate surface area is 167 Å². The van der Waals surface area contributed by atoms with Crippen LogP contribution in [0.15, 0.2) is 54.0 Å². The molecule has 6 nitrogen and oxygen atoms in total. The predicted octanol–water partition coefficient (Wildman–Crippen LogP) is 2.68. The van der Waals surface area contributed by atoms with Crippen LogP contribution in [0.1, 0.15) is 18.4 Å². The van der Waals surface area contributed by atoms with E-state index >= 15 is 0 Å². The molecule has 1 aromatic heterocycles. The zero-order chi connectivity index (χ0) is 19.1. The number of nitrogens with zero attached hydrogens (tertiary/aromatic N) is 3. The van der Waals surface area contributed by atoms with E-state index in [1.165, 1.54) is 16.7 Å². The molecule has 3 rings (SSSR count). The molecule has 2 amide bonds. The number of aromatic nitrogens is 2. The molecule has 1 saturated heterocycles. The molecule has 0 saturated carbocycles. The molecule has 0 aliphatic carbocycles.